The van der Waals surface area contributed by atoms with Crippen LogP contribution in [0.1, 0.15) is 92.4 Å². The fourth-order valence-electron chi connectivity index (χ4n) is 9.17. The molecule has 0 amide bonds. The molecule has 10 atom stereocenters. The summed E-state index contributed by atoms with van der Waals surface area (Å²) in [5, 5.41) is 0. The summed E-state index contributed by atoms with van der Waals surface area (Å²) in [6, 6.07) is 0. The Bertz CT molecular complexity index is 898. The van der Waals surface area contributed by atoms with Crippen molar-refractivity contribution in [2.45, 2.75) is 105 Å². The van der Waals surface area contributed by atoms with Gasteiger partial charge >= 0.3 is 17.9 Å². The number of hydrogen-bond acceptors (Lipinski definition) is 7. The van der Waals surface area contributed by atoms with E-state index in [9.17, 15) is 19.2 Å². The van der Waals surface area contributed by atoms with Crippen molar-refractivity contribution in [3.8, 4) is 0 Å². The van der Waals surface area contributed by atoms with Gasteiger partial charge in [-0.2, -0.15) is 0 Å². The zero-order valence-corrected chi connectivity index (χ0v) is 22.8. The van der Waals surface area contributed by atoms with Crippen LogP contribution in [0.5, 0.6) is 0 Å². The average molecular weight is 505 g/mol. The van der Waals surface area contributed by atoms with Gasteiger partial charge in [-0.05, 0) is 80.0 Å². The molecule has 0 aromatic rings. The Kier molecular flexibility index (Phi) is 7.60. The minimum atomic E-state index is -0.295. The van der Waals surface area contributed by atoms with Gasteiger partial charge in [0.2, 0.25) is 0 Å². The number of esters is 3. The van der Waals surface area contributed by atoms with Gasteiger partial charge < -0.3 is 14.2 Å². The Morgan fingerprint density at radius 1 is 1.00 bits per heavy atom. The van der Waals surface area contributed by atoms with E-state index in [0.29, 0.717) is 25.0 Å². The number of ether oxygens (including phenoxy) is 3. The molecule has 0 radical (unpaired) electrons. The van der Waals surface area contributed by atoms with Gasteiger partial charge in [0, 0.05) is 38.0 Å². The summed E-state index contributed by atoms with van der Waals surface area (Å²) in [6.07, 6.45) is 6.38. The van der Waals surface area contributed by atoms with Crippen LogP contribution in [0.25, 0.3) is 0 Å². The number of methoxy groups -OCH3 is 1. The summed E-state index contributed by atoms with van der Waals surface area (Å²) in [5.41, 5.74) is -0.334. The normalized spacial score (nSPS) is 42.4. The summed E-state index contributed by atoms with van der Waals surface area (Å²) < 4.78 is 16.5. The van der Waals surface area contributed by atoms with Gasteiger partial charge in [0.05, 0.1) is 7.11 Å². The van der Waals surface area contributed by atoms with Gasteiger partial charge in [-0.25, -0.2) is 0 Å². The zero-order valence-electron chi connectivity index (χ0n) is 22.8. The molecule has 7 nitrogen and oxygen atoms in total. The highest BCUT2D eigenvalue weighted by atomic mass is 16.5. The van der Waals surface area contributed by atoms with Crippen LogP contribution in [-0.2, 0) is 33.4 Å². The Morgan fingerprint density at radius 2 is 1.69 bits per heavy atom. The Morgan fingerprint density at radius 3 is 2.33 bits per heavy atom. The van der Waals surface area contributed by atoms with Gasteiger partial charge in [0.1, 0.15) is 18.0 Å². The maximum Gasteiger partial charge on any atom is 0.305 e. The Balaban J connectivity index is 1.63. The van der Waals surface area contributed by atoms with Crippen LogP contribution in [0.4, 0.5) is 0 Å². The quantitative estimate of drug-likeness (QED) is 0.375. The van der Waals surface area contributed by atoms with Crippen molar-refractivity contribution in [1.29, 1.82) is 0 Å². The van der Waals surface area contributed by atoms with Gasteiger partial charge in [-0.15, -0.1) is 0 Å². The smallest absolute Gasteiger partial charge is 0.305 e. The van der Waals surface area contributed by atoms with Crippen molar-refractivity contribution >= 4 is 23.7 Å². The molecule has 4 aliphatic rings. The SMILES string of the molecule is COC(=O)CC[C@@H](C)[C@@H]1CC[C@@H]2[C@@H]3C(=O)C[C@@H]4C[C@H](OC(C)=O)CC[C@]4(C)[C@@H]3C[C@H](OC(C)=O)[C@]21C. The number of Topliss-reactive ketones (excluding diaryl/α,β-unsaturated/α-hetero) is 1. The molecule has 4 rings (SSSR count). The van der Waals surface area contributed by atoms with Crippen molar-refractivity contribution in [3.63, 3.8) is 0 Å². The molecule has 0 aromatic carbocycles. The number of fused-ring (bicyclic) bond motifs is 5. The first-order valence-corrected chi connectivity index (χ1v) is 13.9. The van der Waals surface area contributed by atoms with Crippen LogP contribution >= 0.6 is 0 Å². The number of hydrogen-bond donors (Lipinski definition) is 0. The number of carbonyl (C=O) groups is 4. The predicted octanol–water partition coefficient (Wildman–Crippen LogP) is 4.89. The van der Waals surface area contributed by atoms with Crippen molar-refractivity contribution < 1.29 is 33.4 Å². The topological polar surface area (TPSA) is 96.0 Å². The first-order chi connectivity index (χ1) is 16.9. The molecule has 7 heteroatoms. The van der Waals surface area contributed by atoms with Gasteiger partial charge in [-0.3, -0.25) is 19.2 Å². The van der Waals surface area contributed by atoms with Crippen molar-refractivity contribution in [2.75, 3.05) is 7.11 Å². The summed E-state index contributed by atoms with van der Waals surface area (Å²) >= 11 is 0. The van der Waals surface area contributed by atoms with E-state index < -0.39 is 0 Å². The van der Waals surface area contributed by atoms with Crippen LogP contribution in [0, 0.1) is 46.3 Å². The lowest BCUT2D eigenvalue weighted by Gasteiger charge is -2.62. The maximum absolute atomic E-state index is 13.8. The molecule has 0 spiro atoms. The van der Waals surface area contributed by atoms with Gasteiger partial charge in [0.15, 0.2) is 0 Å². The van der Waals surface area contributed by atoms with Crippen LogP contribution in [-0.4, -0.2) is 43.0 Å². The predicted molar refractivity (Wildman–Crippen MR) is 133 cm³/mol. The van der Waals surface area contributed by atoms with Crippen LogP contribution in [0.3, 0.4) is 0 Å². The molecule has 0 unspecified atom stereocenters. The second-order valence-corrected chi connectivity index (χ2v) is 12.6. The van der Waals surface area contributed by atoms with Crippen molar-refractivity contribution in [3.05, 3.63) is 0 Å². The lowest BCUT2D eigenvalue weighted by molar-refractivity contribution is -0.197. The second-order valence-electron chi connectivity index (χ2n) is 12.6. The third-order valence-corrected chi connectivity index (χ3v) is 10.9. The summed E-state index contributed by atoms with van der Waals surface area (Å²) in [7, 11) is 1.42. The number of rotatable bonds is 6. The summed E-state index contributed by atoms with van der Waals surface area (Å²) in [4.78, 5) is 49.5. The molecule has 4 fully saturated rings. The van der Waals surface area contributed by atoms with Crippen LogP contribution in [0.15, 0.2) is 0 Å². The van der Waals surface area contributed by atoms with Crippen LogP contribution in [0.2, 0.25) is 0 Å². The van der Waals surface area contributed by atoms with Gasteiger partial charge in [-0.1, -0.05) is 20.8 Å². The van der Waals surface area contributed by atoms with E-state index in [1.807, 2.05) is 0 Å². The molecule has 36 heavy (non-hydrogen) atoms. The third-order valence-electron chi connectivity index (χ3n) is 10.9. The van der Waals surface area contributed by atoms with E-state index in [4.69, 9.17) is 14.2 Å². The van der Waals surface area contributed by atoms with Crippen molar-refractivity contribution in [1.82, 2.24) is 0 Å². The molecule has 4 aliphatic carbocycles. The Labute approximate surface area is 215 Å². The van der Waals surface area contributed by atoms with E-state index in [1.54, 1.807) is 0 Å². The molecule has 0 saturated heterocycles. The zero-order chi connectivity index (χ0) is 26.4. The molecule has 0 bridgehead atoms. The van der Waals surface area contributed by atoms with E-state index in [-0.39, 0.29) is 76.5 Å². The largest absolute Gasteiger partial charge is 0.469 e. The molecule has 4 saturated carbocycles. The standard InChI is InChI=1S/C29H44O7/c1-16(7-10-26(33)34-6)21-8-9-22-27-23(15-25(29(21,22)5)36-18(3)31)28(4)12-11-20(35-17(2)30)13-19(28)14-24(27)32/h16,19-23,25,27H,7-15H2,1-6H3/t16-,19+,20-,21+,22-,23-,25+,27+,28+,29+/m1/s1. The third kappa shape index (κ3) is 4.60. The summed E-state index contributed by atoms with van der Waals surface area (Å²) in [5.74, 6) is 0.633. The molecule has 0 N–H and O–H groups in total. The average Bonchev–Trinajstić information content (AvgIpc) is 3.16. The van der Waals surface area contributed by atoms with E-state index >= 15 is 0 Å². The van der Waals surface area contributed by atoms with Crippen LogP contribution < -0.4 is 0 Å². The molecule has 0 heterocycles. The van der Waals surface area contributed by atoms with Gasteiger partial charge in [0.25, 0.3) is 0 Å². The van der Waals surface area contributed by atoms with E-state index in [2.05, 4.69) is 20.8 Å². The molecule has 202 valence electrons. The Hall–Kier alpha value is -1.92. The fourth-order valence-corrected chi connectivity index (χ4v) is 9.17. The fraction of sp³-hybridized carbons (Fsp3) is 0.862. The lowest BCUT2D eigenvalue weighted by Crippen LogP contribution is -2.62. The first kappa shape index (κ1) is 27.1. The monoisotopic (exact) mass is 504 g/mol. The minimum Gasteiger partial charge on any atom is -0.469 e. The highest BCUT2D eigenvalue weighted by molar-refractivity contribution is 5.83. The highest BCUT2D eigenvalue weighted by Crippen LogP contribution is 2.68. The maximum atomic E-state index is 13.8. The second kappa shape index (κ2) is 10.1. The van der Waals surface area contributed by atoms with E-state index in [1.165, 1.54) is 21.0 Å². The van der Waals surface area contributed by atoms with E-state index in [0.717, 1.165) is 38.5 Å². The lowest BCUT2D eigenvalue weighted by atomic mass is 9.43. The minimum absolute atomic E-state index is 0.0221. The highest BCUT2D eigenvalue weighted by Gasteiger charge is 2.67. The number of carbonyl (C=O) groups excluding carboxylic acids is 4. The molecular formula is C29H44O7. The molecular weight excluding hydrogens is 460 g/mol. The summed E-state index contributed by atoms with van der Waals surface area (Å²) in [6.45, 7) is 9.69. The van der Waals surface area contributed by atoms with Crippen molar-refractivity contribution in [2.24, 2.45) is 46.3 Å². The molecule has 0 aliphatic heterocycles. The number of ketones is 1. The first-order valence-electron chi connectivity index (χ1n) is 13.9. The molecule has 0 aromatic heterocycles.